The highest BCUT2D eigenvalue weighted by Crippen LogP contribution is 2.32. The molecule has 0 saturated heterocycles. The van der Waals surface area contributed by atoms with E-state index in [1.54, 1.807) is 0 Å². The first-order valence-electron chi connectivity index (χ1n) is 7.71. The Balaban J connectivity index is 1.56. The van der Waals surface area contributed by atoms with E-state index in [2.05, 4.69) is 24.3 Å². The first kappa shape index (κ1) is 13.1. The van der Waals surface area contributed by atoms with Gasteiger partial charge in [0.1, 0.15) is 0 Å². The maximum atomic E-state index is 6.34. The third-order valence-electron chi connectivity index (χ3n) is 4.80. The molecule has 0 heterocycles. The van der Waals surface area contributed by atoms with Crippen molar-refractivity contribution < 1.29 is 4.74 Å². The maximum absolute atomic E-state index is 6.34. The van der Waals surface area contributed by atoms with Gasteiger partial charge in [-0.3, -0.25) is 0 Å². The molecule has 0 bridgehead atoms. The molecule has 0 spiro atoms. The van der Waals surface area contributed by atoms with Crippen LogP contribution in [0.15, 0.2) is 24.3 Å². The molecule has 2 aliphatic carbocycles. The Hall–Kier alpha value is -0.860. The van der Waals surface area contributed by atoms with Crippen molar-refractivity contribution in [3.8, 4) is 0 Å². The van der Waals surface area contributed by atoms with E-state index < -0.39 is 0 Å². The van der Waals surface area contributed by atoms with Gasteiger partial charge in [-0.25, -0.2) is 0 Å². The van der Waals surface area contributed by atoms with Crippen LogP contribution in [0.25, 0.3) is 0 Å². The zero-order chi connectivity index (χ0) is 13.1. The first-order chi connectivity index (χ1) is 9.27. The van der Waals surface area contributed by atoms with Crippen LogP contribution in [0, 0.1) is 0 Å². The first-order valence-corrected chi connectivity index (χ1v) is 7.71. The molecule has 1 aromatic rings. The lowest BCUT2D eigenvalue weighted by Crippen LogP contribution is -2.41. The minimum Gasteiger partial charge on any atom is -0.379 e. The smallest absolute Gasteiger partial charge is 0.0646 e. The van der Waals surface area contributed by atoms with Crippen LogP contribution in [-0.4, -0.2) is 18.8 Å². The van der Waals surface area contributed by atoms with E-state index in [4.69, 9.17) is 10.5 Å². The largest absolute Gasteiger partial charge is 0.379 e. The van der Waals surface area contributed by atoms with E-state index >= 15 is 0 Å². The zero-order valence-corrected chi connectivity index (χ0v) is 11.7. The molecule has 0 amide bonds. The summed E-state index contributed by atoms with van der Waals surface area (Å²) in [6, 6.07) is 8.84. The van der Waals surface area contributed by atoms with Gasteiger partial charge in [-0.1, -0.05) is 37.1 Å². The van der Waals surface area contributed by atoms with Gasteiger partial charge in [-0.15, -0.1) is 0 Å². The van der Waals surface area contributed by atoms with Crippen molar-refractivity contribution in [2.45, 2.75) is 56.4 Å². The Morgan fingerprint density at radius 3 is 2.79 bits per heavy atom. The molecule has 1 saturated carbocycles. The molecular formula is C17H25NO. The van der Waals surface area contributed by atoms with Gasteiger partial charge in [0.15, 0.2) is 0 Å². The van der Waals surface area contributed by atoms with E-state index in [1.165, 1.54) is 43.2 Å². The molecule has 2 N–H and O–H groups in total. The van der Waals surface area contributed by atoms with Crippen LogP contribution in [-0.2, 0) is 11.2 Å². The number of aryl methyl sites for hydroxylation is 1. The molecule has 1 unspecified atom stereocenters. The van der Waals surface area contributed by atoms with Crippen LogP contribution >= 0.6 is 0 Å². The Morgan fingerprint density at radius 1 is 1.16 bits per heavy atom. The van der Waals surface area contributed by atoms with Gasteiger partial charge >= 0.3 is 0 Å². The van der Waals surface area contributed by atoms with E-state index in [1.807, 2.05) is 0 Å². The van der Waals surface area contributed by atoms with Crippen LogP contribution in [0.5, 0.6) is 0 Å². The van der Waals surface area contributed by atoms with Gasteiger partial charge in [0, 0.05) is 11.5 Å². The summed E-state index contributed by atoms with van der Waals surface area (Å²) < 4.78 is 5.99. The number of ether oxygens (including phenoxy) is 1. The minimum absolute atomic E-state index is 0.0335. The number of hydrogen-bond acceptors (Lipinski definition) is 2. The molecule has 1 atom stereocenters. The molecule has 0 radical (unpaired) electrons. The summed E-state index contributed by atoms with van der Waals surface area (Å²) >= 11 is 0. The van der Waals surface area contributed by atoms with Crippen molar-refractivity contribution in [2.75, 3.05) is 13.2 Å². The van der Waals surface area contributed by atoms with Crippen molar-refractivity contribution in [2.24, 2.45) is 5.73 Å². The highest BCUT2D eigenvalue weighted by molar-refractivity contribution is 5.32. The molecule has 2 aliphatic rings. The lowest BCUT2D eigenvalue weighted by molar-refractivity contribution is 0.0732. The van der Waals surface area contributed by atoms with Crippen molar-refractivity contribution in [3.05, 3.63) is 35.4 Å². The van der Waals surface area contributed by atoms with Gasteiger partial charge in [0.05, 0.1) is 13.2 Å². The predicted octanol–water partition coefficient (Wildman–Crippen LogP) is 3.39. The molecule has 2 nitrogen and oxygen atoms in total. The Morgan fingerprint density at radius 2 is 1.95 bits per heavy atom. The summed E-state index contributed by atoms with van der Waals surface area (Å²) in [6.07, 6.45) is 8.58. The molecule has 0 aromatic heterocycles. The number of hydrogen-bond donors (Lipinski definition) is 1. The molecule has 1 fully saturated rings. The van der Waals surface area contributed by atoms with Crippen LogP contribution in [0.4, 0.5) is 0 Å². The molecule has 19 heavy (non-hydrogen) atoms. The average Bonchev–Trinajstić information content (AvgIpc) is 2.86. The molecule has 1 aromatic carbocycles. The van der Waals surface area contributed by atoms with Gasteiger partial charge < -0.3 is 10.5 Å². The van der Waals surface area contributed by atoms with Crippen LogP contribution in [0.1, 0.15) is 55.6 Å². The minimum atomic E-state index is -0.0335. The van der Waals surface area contributed by atoms with Crippen LogP contribution in [0.3, 0.4) is 0 Å². The molecule has 104 valence electrons. The maximum Gasteiger partial charge on any atom is 0.0646 e. The average molecular weight is 259 g/mol. The second-order valence-corrected chi connectivity index (χ2v) is 6.37. The Kier molecular flexibility index (Phi) is 3.90. The Bertz CT molecular complexity index is 423. The molecular weight excluding hydrogens is 234 g/mol. The topological polar surface area (TPSA) is 35.2 Å². The van der Waals surface area contributed by atoms with Gasteiger partial charge in [-0.2, -0.15) is 0 Å². The number of fused-ring (bicyclic) bond motifs is 1. The standard InChI is InChI=1S/C17H25NO/c18-17(10-3-4-11-17)13-19-12-15-8-5-7-14-6-1-2-9-16(14)15/h1-2,6,9,15H,3-5,7-8,10-13,18H2. The van der Waals surface area contributed by atoms with Crippen LogP contribution < -0.4 is 5.73 Å². The van der Waals surface area contributed by atoms with E-state index in [-0.39, 0.29) is 5.54 Å². The summed E-state index contributed by atoms with van der Waals surface area (Å²) in [4.78, 5) is 0. The lowest BCUT2D eigenvalue weighted by Gasteiger charge is -2.28. The summed E-state index contributed by atoms with van der Waals surface area (Å²) in [5.74, 6) is 0.579. The monoisotopic (exact) mass is 259 g/mol. The third kappa shape index (κ3) is 3.01. The highest BCUT2D eigenvalue weighted by atomic mass is 16.5. The van der Waals surface area contributed by atoms with Gasteiger partial charge in [-0.05, 0) is 43.2 Å². The van der Waals surface area contributed by atoms with Gasteiger partial charge in [0.25, 0.3) is 0 Å². The second kappa shape index (κ2) is 5.64. The van der Waals surface area contributed by atoms with E-state index in [9.17, 15) is 0 Å². The summed E-state index contributed by atoms with van der Waals surface area (Å²) in [7, 11) is 0. The summed E-state index contributed by atoms with van der Waals surface area (Å²) in [5.41, 5.74) is 9.34. The van der Waals surface area contributed by atoms with Crippen molar-refractivity contribution in [1.29, 1.82) is 0 Å². The third-order valence-corrected chi connectivity index (χ3v) is 4.80. The molecule has 3 rings (SSSR count). The molecule has 0 aliphatic heterocycles. The fourth-order valence-corrected chi connectivity index (χ4v) is 3.66. The lowest BCUT2D eigenvalue weighted by atomic mass is 9.83. The number of benzene rings is 1. The van der Waals surface area contributed by atoms with Crippen LogP contribution in [0.2, 0.25) is 0 Å². The highest BCUT2D eigenvalue weighted by Gasteiger charge is 2.30. The van der Waals surface area contributed by atoms with E-state index in [0.717, 1.165) is 26.1 Å². The quantitative estimate of drug-likeness (QED) is 0.899. The number of rotatable bonds is 4. The second-order valence-electron chi connectivity index (χ2n) is 6.37. The SMILES string of the molecule is NC1(COCC2CCCc3ccccc32)CCCC1. The number of nitrogens with two attached hydrogens (primary N) is 1. The van der Waals surface area contributed by atoms with E-state index in [0.29, 0.717) is 5.92 Å². The Labute approximate surface area is 116 Å². The molecule has 2 heteroatoms. The summed E-state index contributed by atoms with van der Waals surface area (Å²) in [5, 5.41) is 0. The zero-order valence-electron chi connectivity index (χ0n) is 11.7. The normalized spacial score (nSPS) is 25.2. The van der Waals surface area contributed by atoms with Gasteiger partial charge in [0.2, 0.25) is 0 Å². The predicted molar refractivity (Wildman–Crippen MR) is 78.3 cm³/mol. The fraction of sp³-hybridized carbons (Fsp3) is 0.647. The summed E-state index contributed by atoms with van der Waals surface area (Å²) in [6.45, 7) is 1.58. The van der Waals surface area contributed by atoms with Crippen molar-refractivity contribution >= 4 is 0 Å². The van der Waals surface area contributed by atoms with Crippen molar-refractivity contribution in [3.63, 3.8) is 0 Å². The fourth-order valence-electron chi connectivity index (χ4n) is 3.66. The van der Waals surface area contributed by atoms with Crippen molar-refractivity contribution in [1.82, 2.24) is 0 Å².